The molecule has 1 aromatic rings. The van der Waals surface area contributed by atoms with Crippen molar-refractivity contribution < 1.29 is 0 Å². The van der Waals surface area contributed by atoms with E-state index >= 15 is 0 Å². The molecular formula is C16H24N2. The van der Waals surface area contributed by atoms with E-state index in [1.807, 2.05) is 0 Å². The zero-order chi connectivity index (χ0) is 12.4. The largest absolute Gasteiger partial charge is 0.368 e. The van der Waals surface area contributed by atoms with Crippen molar-refractivity contribution in [1.82, 2.24) is 5.32 Å². The van der Waals surface area contributed by atoms with Gasteiger partial charge in [0.1, 0.15) is 0 Å². The average Bonchev–Trinajstić information content (AvgIpc) is 2.40. The highest BCUT2D eigenvalue weighted by Crippen LogP contribution is 2.32. The van der Waals surface area contributed by atoms with Gasteiger partial charge < -0.3 is 10.2 Å². The van der Waals surface area contributed by atoms with Crippen LogP contribution in [-0.4, -0.2) is 25.2 Å². The lowest BCUT2D eigenvalue weighted by Gasteiger charge is -2.47. The number of nitrogens with one attached hydrogen (secondary N) is 1. The number of piperazine rings is 1. The first kappa shape index (κ1) is 12.0. The smallest absolute Gasteiger partial charge is 0.0369 e. The summed E-state index contributed by atoms with van der Waals surface area (Å²) in [5, 5.41) is 3.81. The van der Waals surface area contributed by atoms with Crippen LogP contribution in [-0.2, 0) is 0 Å². The number of anilines is 1. The maximum atomic E-state index is 3.81. The molecule has 0 amide bonds. The van der Waals surface area contributed by atoms with E-state index in [9.17, 15) is 0 Å². The van der Waals surface area contributed by atoms with E-state index in [2.05, 4.69) is 41.4 Å². The monoisotopic (exact) mass is 244 g/mol. The van der Waals surface area contributed by atoms with Crippen molar-refractivity contribution in [3.05, 3.63) is 29.8 Å². The summed E-state index contributed by atoms with van der Waals surface area (Å²) in [6.45, 7) is 5.65. The highest BCUT2D eigenvalue weighted by molar-refractivity contribution is 5.49. The fourth-order valence-corrected chi connectivity index (χ4v) is 3.56. The van der Waals surface area contributed by atoms with Crippen molar-refractivity contribution >= 4 is 5.69 Å². The Bertz CT molecular complexity index is 402. The van der Waals surface area contributed by atoms with Crippen molar-refractivity contribution in [2.75, 3.05) is 24.5 Å². The number of nitrogens with zero attached hydrogens (tertiary/aromatic N) is 1. The average molecular weight is 244 g/mol. The van der Waals surface area contributed by atoms with Gasteiger partial charge in [-0.25, -0.2) is 0 Å². The number of hydrogen-bond donors (Lipinski definition) is 1. The predicted octanol–water partition coefficient (Wildman–Crippen LogP) is 3.11. The molecule has 2 heteroatoms. The molecule has 1 saturated carbocycles. The Morgan fingerprint density at radius 3 is 2.78 bits per heavy atom. The molecule has 2 aliphatic rings. The molecule has 1 N–H and O–H groups in total. The van der Waals surface area contributed by atoms with Gasteiger partial charge in [0.05, 0.1) is 0 Å². The van der Waals surface area contributed by atoms with Crippen molar-refractivity contribution in [3.63, 3.8) is 0 Å². The van der Waals surface area contributed by atoms with Crippen LogP contribution in [0.5, 0.6) is 0 Å². The Labute approximate surface area is 110 Å². The van der Waals surface area contributed by atoms with Crippen LogP contribution >= 0.6 is 0 Å². The molecule has 1 spiro atoms. The molecule has 2 nitrogen and oxygen atoms in total. The SMILES string of the molecule is Cc1cccc(N2CCNC3(CCCCC3)C2)c1. The molecule has 1 aromatic carbocycles. The molecule has 0 atom stereocenters. The lowest BCUT2D eigenvalue weighted by atomic mass is 9.80. The molecule has 1 saturated heterocycles. The van der Waals surface area contributed by atoms with Gasteiger partial charge in [0.25, 0.3) is 0 Å². The van der Waals surface area contributed by atoms with Crippen LogP contribution in [0.15, 0.2) is 24.3 Å². The third-order valence-electron chi connectivity index (χ3n) is 4.55. The molecule has 1 heterocycles. The van der Waals surface area contributed by atoms with E-state index in [0.717, 1.165) is 13.1 Å². The molecule has 1 aliphatic carbocycles. The standard InChI is InChI=1S/C16H24N2/c1-14-6-5-7-15(12-14)18-11-10-17-16(13-18)8-3-2-4-9-16/h5-7,12,17H,2-4,8-11,13H2,1H3. The lowest BCUT2D eigenvalue weighted by molar-refractivity contribution is 0.216. The first-order valence-corrected chi connectivity index (χ1v) is 7.34. The highest BCUT2D eigenvalue weighted by Gasteiger charge is 2.36. The van der Waals surface area contributed by atoms with Crippen molar-refractivity contribution in [1.29, 1.82) is 0 Å². The molecule has 0 radical (unpaired) electrons. The van der Waals surface area contributed by atoms with Crippen LogP contribution in [0.2, 0.25) is 0 Å². The first-order valence-electron chi connectivity index (χ1n) is 7.34. The van der Waals surface area contributed by atoms with Crippen LogP contribution < -0.4 is 10.2 Å². The van der Waals surface area contributed by atoms with E-state index in [4.69, 9.17) is 0 Å². The van der Waals surface area contributed by atoms with Gasteiger partial charge in [-0.2, -0.15) is 0 Å². The van der Waals surface area contributed by atoms with Gasteiger partial charge >= 0.3 is 0 Å². The van der Waals surface area contributed by atoms with Gasteiger partial charge in [0, 0.05) is 30.9 Å². The summed E-state index contributed by atoms with van der Waals surface area (Å²) in [5.74, 6) is 0. The lowest BCUT2D eigenvalue weighted by Crippen LogP contribution is -2.61. The normalized spacial score (nSPS) is 23.3. The Balaban J connectivity index is 1.77. The van der Waals surface area contributed by atoms with Crippen LogP contribution in [0.4, 0.5) is 5.69 Å². The minimum absolute atomic E-state index is 0.403. The van der Waals surface area contributed by atoms with Gasteiger partial charge in [-0.15, -0.1) is 0 Å². The number of hydrogen-bond acceptors (Lipinski definition) is 2. The number of benzene rings is 1. The molecule has 2 fully saturated rings. The summed E-state index contributed by atoms with van der Waals surface area (Å²) in [6, 6.07) is 8.94. The summed E-state index contributed by atoms with van der Waals surface area (Å²) < 4.78 is 0. The third-order valence-corrected chi connectivity index (χ3v) is 4.55. The Hall–Kier alpha value is -1.02. The van der Waals surface area contributed by atoms with Gasteiger partial charge in [-0.3, -0.25) is 0 Å². The van der Waals surface area contributed by atoms with Gasteiger partial charge in [0.2, 0.25) is 0 Å². The highest BCUT2D eigenvalue weighted by atomic mass is 15.2. The summed E-state index contributed by atoms with van der Waals surface area (Å²) in [6.07, 6.45) is 6.93. The quantitative estimate of drug-likeness (QED) is 0.816. The second-order valence-corrected chi connectivity index (χ2v) is 6.03. The zero-order valence-electron chi connectivity index (χ0n) is 11.4. The molecular weight excluding hydrogens is 220 g/mol. The molecule has 0 unspecified atom stereocenters. The van der Waals surface area contributed by atoms with Gasteiger partial charge in [-0.1, -0.05) is 31.4 Å². The van der Waals surface area contributed by atoms with E-state index in [1.54, 1.807) is 0 Å². The van der Waals surface area contributed by atoms with E-state index in [0.29, 0.717) is 5.54 Å². The maximum absolute atomic E-state index is 3.81. The molecule has 18 heavy (non-hydrogen) atoms. The molecule has 1 aliphatic heterocycles. The van der Waals surface area contributed by atoms with Crippen molar-refractivity contribution in [3.8, 4) is 0 Å². The van der Waals surface area contributed by atoms with Crippen molar-refractivity contribution in [2.45, 2.75) is 44.6 Å². The first-order chi connectivity index (χ1) is 8.77. The van der Waals surface area contributed by atoms with E-state index in [-0.39, 0.29) is 0 Å². The topological polar surface area (TPSA) is 15.3 Å². The van der Waals surface area contributed by atoms with E-state index < -0.39 is 0 Å². The van der Waals surface area contributed by atoms with Gasteiger partial charge in [-0.05, 0) is 37.5 Å². The van der Waals surface area contributed by atoms with Crippen LogP contribution in [0, 0.1) is 6.92 Å². The summed E-state index contributed by atoms with van der Waals surface area (Å²) >= 11 is 0. The zero-order valence-corrected chi connectivity index (χ0v) is 11.4. The Morgan fingerprint density at radius 2 is 2.00 bits per heavy atom. The Kier molecular flexibility index (Phi) is 3.29. The summed E-state index contributed by atoms with van der Waals surface area (Å²) in [7, 11) is 0. The van der Waals surface area contributed by atoms with Crippen LogP contribution in [0.1, 0.15) is 37.7 Å². The van der Waals surface area contributed by atoms with Gasteiger partial charge in [0.15, 0.2) is 0 Å². The molecule has 0 bridgehead atoms. The minimum atomic E-state index is 0.403. The maximum Gasteiger partial charge on any atom is 0.0369 e. The summed E-state index contributed by atoms with van der Waals surface area (Å²) in [4.78, 5) is 2.58. The fraction of sp³-hybridized carbons (Fsp3) is 0.625. The van der Waals surface area contributed by atoms with Crippen LogP contribution in [0.3, 0.4) is 0 Å². The summed E-state index contributed by atoms with van der Waals surface area (Å²) in [5.41, 5.74) is 3.17. The van der Waals surface area contributed by atoms with Crippen LogP contribution in [0.25, 0.3) is 0 Å². The minimum Gasteiger partial charge on any atom is -0.368 e. The van der Waals surface area contributed by atoms with Crippen molar-refractivity contribution in [2.24, 2.45) is 0 Å². The molecule has 3 rings (SSSR count). The fourth-order valence-electron chi connectivity index (χ4n) is 3.56. The second kappa shape index (κ2) is 4.93. The predicted molar refractivity (Wildman–Crippen MR) is 77.2 cm³/mol. The number of rotatable bonds is 1. The van der Waals surface area contributed by atoms with E-state index in [1.165, 1.54) is 49.9 Å². The molecule has 98 valence electrons. The second-order valence-electron chi connectivity index (χ2n) is 6.03. The molecule has 0 aromatic heterocycles. The number of aryl methyl sites for hydroxylation is 1. The Morgan fingerprint density at radius 1 is 1.17 bits per heavy atom. The third kappa shape index (κ3) is 2.39.